The molecule has 24 heavy (non-hydrogen) atoms. The Morgan fingerprint density at radius 2 is 2.21 bits per heavy atom. The Hall–Kier alpha value is -2.31. The van der Waals surface area contributed by atoms with Gasteiger partial charge in [-0.3, -0.25) is 10.3 Å². The molecule has 0 radical (unpaired) electrons. The van der Waals surface area contributed by atoms with Crippen LogP contribution in [0.1, 0.15) is 18.4 Å². The minimum Gasteiger partial charge on any atom is -0.374 e. The minimum atomic E-state index is 0.339. The van der Waals surface area contributed by atoms with Crippen molar-refractivity contribution in [3.05, 3.63) is 42.1 Å². The summed E-state index contributed by atoms with van der Waals surface area (Å²) in [6.07, 6.45) is 4.43. The third-order valence-corrected chi connectivity index (χ3v) is 5.24. The number of hydroxylamine groups is 1. The number of aromatic nitrogens is 1. The van der Waals surface area contributed by atoms with E-state index in [1.807, 2.05) is 18.2 Å². The van der Waals surface area contributed by atoms with Crippen LogP contribution in [0.2, 0.25) is 0 Å². The van der Waals surface area contributed by atoms with Crippen LogP contribution in [-0.2, 0) is 11.3 Å². The highest BCUT2D eigenvalue weighted by atomic mass is 16.5. The predicted molar refractivity (Wildman–Crippen MR) is 92.0 cm³/mol. The van der Waals surface area contributed by atoms with Gasteiger partial charge in [0.15, 0.2) is 0 Å². The number of anilines is 4. The Morgan fingerprint density at radius 1 is 1.25 bits per heavy atom. The Balaban J connectivity index is 1.51. The Kier molecular flexibility index (Phi) is 3.14. The molecule has 6 nitrogen and oxygen atoms in total. The zero-order valence-electron chi connectivity index (χ0n) is 13.4. The summed E-state index contributed by atoms with van der Waals surface area (Å²) >= 11 is 0. The van der Waals surface area contributed by atoms with E-state index in [1.165, 1.54) is 11.5 Å². The van der Waals surface area contributed by atoms with Crippen LogP contribution in [-0.4, -0.2) is 35.5 Å². The largest absolute Gasteiger partial charge is 0.374 e. The van der Waals surface area contributed by atoms with Gasteiger partial charge in [-0.15, -0.1) is 0 Å². The Morgan fingerprint density at radius 3 is 3.00 bits per heavy atom. The molecule has 2 aromatic rings. The molecule has 2 N–H and O–H groups in total. The van der Waals surface area contributed by atoms with Gasteiger partial charge in [0, 0.05) is 24.0 Å². The van der Waals surface area contributed by atoms with E-state index in [9.17, 15) is 5.21 Å². The smallest absolute Gasteiger partial charge is 0.135 e. The molecule has 6 heteroatoms. The predicted octanol–water partition coefficient (Wildman–Crippen LogP) is 2.90. The monoisotopic (exact) mass is 324 g/mol. The van der Waals surface area contributed by atoms with Gasteiger partial charge in [0.2, 0.25) is 0 Å². The fourth-order valence-corrected chi connectivity index (χ4v) is 3.94. The van der Waals surface area contributed by atoms with Gasteiger partial charge >= 0.3 is 0 Å². The van der Waals surface area contributed by atoms with E-state index in [4.69, 9.17) is 4.74 Å². The van der Waals surface area contributed by atoms with Crippen molar-refractivity contribution < 1.29 is 9.94 Å². The number of fused-ring (bicyclic) bond motifs is 5. The third-order valence-electron chi connectivity index (χ3n) is 5.24. The SMILES string of the molecule is ON1Cc2cccnc2Nc2ccc(N3C[C@@H]4CC[C@H]3CO4)cc21. The van der Waals surface area contributed by atoms with Gasteiger partial charge in [0.25, 0.3) is 0 Å². The molecule has 4 aliphatic heterocycles. The Labute approximate surface area is 140 Å². The zero-order valence-corrected chi connectivity index (χ0v) is 13.4. The molecule has 3 fully saturated rings. The van der Waals surface area contributed by atoms with E-state index in [0.29, 0.717) is 18.7 Å². The summed E-state index contributed by atoms with van der Waals surface area (Å²) in [5.74, 6) is 0.800. The summed E-state index contributed by atoms with van der Waals surface area (Å²) in [4.78, 5) is 6.80. The molecule has 124 valence electrons. The highest BCUT2D eigenvalue weighted by Gasteiger charge is 2.35. The van der Waals surface area contributed by atoms with E-state index in [-0.39, 0.29) is 0 Å². The fraction of sp³-hybridized carbons (Fsp3) is 0.389. The second kappa shape index (κ2) is 5.36. The summed E-state index contributed by atoms with van der Waals surface area (Å²) in [7, 11) is 0. The van der Waals surface area contributed by atoms with Crippen molar-refractivity contribution in [3.63, 3.8) is 0 Å². The van der Waals surface area contributed by atoms with Gasteiger partial charge in [-0.05, 0) is 37.1 Å². The molecule has 4 aliphatic rings. The van der Waals surface area contributed by atoms with Crippen molar-refractivity contribution in [2.45, 2.75) is 31.5 Å². The first-order valence-electron chi connectivity index (χ1n) is 8.47. The van der Waals surface area contributed by atoms with Crippen molar-refractivity contribution in [1.29, 1.82) is 0 Å². The highest BCUT2D eigenvalue weighted by Crippen LogP contribution is 2.39. The number of nitrogens with zero attached hydrogens (tertiary/aromatic N) is 3. The topological polar surface area (TPSA) is 60.9 Å². The van der Waals surface area contributed by atoms with Gasteiger partial charge in [-0.25, -0.2) is 4.98 Å². The molecule has 1 aromatic carbocycles. The highest BCUT2D eigenvalue weighted by molar-refractivity contribution is 5.80. The van der Waals surface area contributed by atoms with Crippen LogP contribution >= 0.6 is 0 Å². The summed E-state index contributed by atoms with van der Waals surface area (Å²) in [6, 6.07) is 10.5. The third kappa shape index (κ3) is 2.22. The second-order valence-electron chi connectivity index (χ2n) is 6.73. The average molecular weight is 324 g/mol. The van der Waals surface area contributed by atoms with Gasteiger partial charge in [0.05, 0.1) is 36.7 Å². The molecule has 0 unspecified atom stereocenters. The molecule has 3 saturated heterocycles. The lowest BCUT2D eigenvalue weighted by molar-refractivity contribution is -0.0225. The molecular weight excluding hydrogens is 304 g/mol. The van der Waals surface area contributed by atoms with Crippen molar-refractivity contribution in [2.75, 3.05) is 28.4 Å². The summed E-state index contributed by atoms with van der Waals surface area (Å²) in [6.45, 7) is 2.16. The second-order valence-corrected chi connectivity index (χ2v) is 6.73. The zero-order chi connectivity index (χ0) is 16.1. The average Bonchev–Trinajstić information content (AvgIpc) is 2.78. The number of benzene rings is 1. The van der Waals surface area contributed by atoms with Gasteiger partial charge in [-0.1, -0.05) is 6.07 Å². The number of nitrogens with one attached hydrogen (secondary N) is 1. The molecule has 5 heterocycles. The first-order chi connectivity index (χ1) is 11.8. The lowest BCUT2D eigenvalue weighted by atomic mass is 9.96. The molecule has 0 amide bonds. The van der Waals surface area contributed by atoms with Crippen molar-refractivity contribution in [3.8, 4) is 0 Å². The number of hydrogen-bond acceptors (Lipinski definition) is 6. The lowest BCUT2D eigenvalue weighted by Crippen LogP contribution is -2.54. The molecule has 6 rings (SSSR count). The van der Waals surface area contributed by atoms with E-state index in [2.05, 4.69) is 27.3 Å². The van der Waals surface area contributed by atoms with E-state index in [0.717, 1.165) is 48.0 Å². The minimum absolute atomic E-state index is 0.339. The summed E-state index contributed by atoms with van der Waals surface area (Å²) < 4.78 is 5.80. The van der Waals surface area contributed by atoms with Crippen LogP contribution in [0.5, 0.6) is 0 Å². The molecular formula is C18H20N4O2. The maximum Gasteiger partial charge on any atom is 0.135 e. The van der Waals surface area contributed by atoms with Crippen LogP contribution < -0.4 is 15.3 Å². The normalized spacial score (nSPS) is 24.9. The standard InChI is InChI=1S/C18H20N4O2/c23-22-9-12-2-1-7-19-18(12)20-16-6-4-13(8-17(16)22)21-10-15-5-3-14(21)11-24-15/h1-2,4,6-8,14-15,23H,3,5,9-11H2,(H,19,20)/t14-,15-/m0/s1. The molecule has 0 saturated carbocycles. The first-order valence-corrected chi connectivity index (χ1v) is 8.47. The summed E-state index contributed by atoms with van der Waals surface area (Å²) in [5, 5.41) is 15.2. The van der Waals surface area contributed by atoms with E-state index >= 15 is 0 Å². The van der Waals surface area contributed by atoms with Gasteiger partial charge in [0.1, 0.15) is 5.82 Å². The quantitative estimate of drug-likeness (QED) is 0.841. The lowest BCUT2D eigenvalue weighted by Gasteiger charge is -2.46. The van der Waals surface area contributed by atoms with Crippen LogP contribution in [0.25, 0.3) is 0 Å². The van der Waals surface area contributed by atoms with Gasteiger partial charge in [-0.2, -0.15) is 0 Å². The fourth-order valence-electron chi connectivity index (χ4n) is 3.94. The maximum atomic E-state index is 10.6. The van der Waals surface area contributed by atoms with E-state index < -0.39 is 0 Å². The van der Waals surface area contributed by atoms with Crippen molar-refractivity contribution in [2.24, 2.45) is 0 Å². The molecule has 0 aliphatic carbocycles. The van der Waals surface area contributed by atoms with E-state index in [1.54, 1.807) is 6.20 Å². The number of rotatable bonds is 1. The van der Waals surface area contributed by atoms with Crippen LogP contribution in [0.3, 0.4) is 0 Å². The summed E-state index contributed by atoms with van der Waals surface area (Å²) in [5.41, 5.74) is 3.78. The number of hydrogen-bond donors (Lipinski definition) is 2. The number of morpholine rings is 1. The Bertz CT molecular complexity index is 773. The molecule has 0 spiro atoms. The van der Waals surface area contributed by atoms with Crippen LogP contribution in [0, 0.1) is 0 Å². The number of ether oxygens (including phenoxy) is 1. The number of pyridine rings is 1. The molecule has 2 atom stereocenters. The number of piperidine rings is 1. The van der Waals surface area contributed by atoms with Crippen LogP contribution in [0.15, 0.2) is 36.5 Å². The van der Waals surface area contributed by atoms with Gasteiger partial charge < -0.3 is 15.0 Å². The molecule has 1 aromatic heterocycles. The molecule has 2 bridgehead atoms. The van der Waals surface area contributed by atoms with Crippen molar-refractivity contribution >= 4 is 22.9 Å². The first kappa shape index (κ1) is 14.1. The van der Waals surface area contributed by atoms with Crippen molar-refractivity contribution in [1.82, 2.24) is 4.98 Å². The maximum absolute atomic E-state index is 10.6. The van der Waals surface area contributed by atoms with Crippen LogP contribution in [0.4, 0.5) is 22.9 Å².